The molecular formula is C17H19FN4O5. The minimum atomic E-state index is -0.579. The quantitative estimate of drug-likeness (QED) is 0.795. The Morgan fingerprint density at radius 3 is 2.81 bits per heavy atom. The number of anilines is 2. The van der Waals surface area contributed by atoms with Crippen LogP contribution in [-0.4, -0.2) is 62.5 Å². The smallest absolute Gasteiger partial charge is 0.414 e. The van der Waals surface area contributed by atoms with Gasteiger partial charge in [-0.2, -0.15) is 0 Å². The van der Waals surface area contributed by atoms with Crippen molar-refractivity contribution in [2.75, 3.05) is 36.0 Å². The van der Waals surface area contributed by atoms with Crippen LogP contribution in [0.3, 0.4) is 0 Å². The Bertz CT molecular complexity index is 788. The molecule has 2 unspecified atom stereocenters. The average molecular weight is 378 g/mol. The molecule has 1 aromatic carbocycles. The fourth-order valence-corrected chi connectivity index (χ4v) is 3.57. The highest BCUT2D eigenvalue weighted by Crippen LogP contribution is 2.31. The summed E-state index contributed by atoms with van der Waals surface area (Å²) >= 11 is 0. The van der Waals surface area contributed by atoms with Gasteiger partial charge in [0.25, 0.3) is 0 Å². The zero-order valence-corrected chi connectivity index (χ0v) is 14.6. The van der Waals surface area contributed by atoms with Crippen molar-refractivity contribution >= 4 is 29.5 Å². The van der Waals surface area contributed by atoms with Gasteiger partial charge in [-0.1, -0.05) is 0 Å². The number of hydrogen-bond donors (Lipinski definition) is 2. The number of hydrogen-bond acceptors (Lipinski definition) is 6. The Hall–Kier alpha value is -3.04. The summed E-state index contributed by atoms with van der Waals surface area (Å²) in [5.41, 5.74) is 0.767. The van der Waals surface area contributed by atoms with E-state index in [1.807, 2.05) is 0 Å². The lowest BCUT2D eigenvalue weighted by atomic mass is 10.2. The third kappa shape index (κ3) is 3.34. The van der Waals surface area contributed by atoms with Crippen molar-refractivity contribution in [3.8, 4) is 0 Å². The maximum absolute atomic E-state index is 14.7. The topological polar surface area (TPSA) is 100 Å². The highest BCUT2D eigenvalue weighted by molar-refractivity contribution is 5.90. The van der Waals surface area contributed by atoms with E-state index in [0.717, 1.165) is 0 Å². The Kier molecular flexibility index (Phi) is 4.25. The van der Waals surface area contributed by atoms with Crippen molar-refractivity contribution in [3.63, 3.8) is 0 Å². The summed E-state index contributed by atoms with van der Waals surface area (Å²) in [5.74, 6) is -0.688. The first-order chi connectivity index (χ1) is 12.9. The molecule has 0 aliphatic carbocycles. The average Bonchev–Trinajstić information content (AvgIpc) is 3.25. The molecule has 3 fully saturated rings. The van der Waals surface area contributed by atoms with Gasteiger partial charge >= 0.3 is 12.2 Å². The second-order valence-electron chi connectivity index (χ2n) is 6.79. The molecule has 3 atom stereocenters. The number of fused-ring (bicyclic) bond motifs is 1. The number of carbonyl (C=O) groups is 3. The van der Waals surface area contributed by atoms with E-state index in [1.54, 1.807) is 17.0 Å². The predicted octanol–water partition coefficient (Wildman–Crippen LogP) is 0.584. The number of nitrogens with zero attached hydrogens (tertiary/aromatic N) is 2. The largest absolute Gasteiger partial charge is 0.442 e. The predicted molar refractivity (Wildman–Crippen MR) is 92.1 cm³/mol. The van der Waals surface area contributed by atoms with Gasteiger partial charge in [0.05, 0.1) is 37.1 Å². The SMILES string of the molecule is CC(=O)NC[C@H]1CN(c2ccc(N3CC4NC(=O)OC4C3)c(F)c2)C(=O)O1. The molecule has 3 amide bonds. The van der Waals surface area contributed by atoms with E-state index < -0.39 is 24.1 Å². The van der Waals surface area contributed by atoms with Crippen LogP contribution in [0.1, 0.15) is 6.92 Å². The van der Waals surface area contributed by atoms with Crippen LogP contribution in [0.4, 0.5) is 25.4 Å². The van der Waals surface area contributed by atoms with E-state index in [1.165, 1.54) is 17.9 Å². The molecule has 2 N–H and O–H groups in total. The van der Waals surface area contributed by atoms with Crippen molar-refractivity contribution in [1.82, 2.24) is 10.6 Å². The van der Waals surface area contributed by atoms with E-state index in [2.05, 4.69) is 10.6 Å². The van der Waals surface area contributed by atoms with E-state index in [4.69, 9.17) is 9.47 Å². The maximum Gasteiger partial charge on any atom is 0.414 e. The number of carbonyl (C=O) groups excluding carboxylic acids is 3. The summed E-state index contributed by atoms with van der Waals surface area (Å²) in [4.78, 5) is 37.4. The molecule has 144 valence electrons. The number of rotatable bonds is 4. The molecule has 3 saturated heterocycles. The lowest BCUT2D eigenvalue weighted by Gasteiger charge is -2.21. The summed E-state index contributed by atoms with van der Waals surface area (Å²) in [6, 6.07) is 4.38. The van der Waals surface area contributed by atoms with Crippen LogP contribution in [-0.2, 0) is 14.3 Å². The number of ether oxygens (including phenoxy) is 2. The van der Waals surface area contributed by atoms with E-state index in [9.17, 15) is 18.8 Å². The highest BCUT2D eigenvalue weighted by Gasteiger charge is 2.42. The molecular weight excluding hydrogens is 359 g/mol. The van der Waals surface area contributed by atoms with E-state index in [0.29, 0.717) is 24.5 Å². The first kappa shape index (κ1) is 17.4. The van der Waals surface area contributed by atoms with Crippen LogP contribution < -0.4 is 20.4 Å². The van der Waals surface area contributed by atoms with Crippen LogP contribution in [0.5, 0.6) is 0 Å². The molecule has 0 aromatic heterocycles. The zero-order valence-electron chi connectivity index (χ0n) is 14.6. The van der Waals surface area contributed by atoms with Gasteiger partial charge in [-0.25, -0.2) is 14.0 Å². The Labute approximate surface area is 154 Å². The van der Waals surface area contributed by atoms with Crippen LogP contribution in [0.2, 0.25) is 0 Å². The lowest BCUT2D eigenvalue weighted by Crippen LogP contribution is -2.33. The van der Waals surface area contributed by atoms with E-state index >= 15 is 0 Å². The minimum Gasteiger partial charge on any atom is -0.442 e. The normalized spacial score (nSPS) is 26.5. The van der Waals surface area contributed by atoms with Gasteiger partial charge < -0.3 is 25.0 Å². The Morgan fingerprint density at radius 2 is 2.11 bits per heavy atom. The molecule has 3 aliphatic heterocycles. The van der Waals surface area contributed by atoms with Crippen LogP contribution in [0.15, 0.2) is 18.2 Å². The van der Waals surface area contributed by atoms with Gasteiger partial charge in [0.1, 0.15) is 18.0 Å². The fraction of sp³-hybridized carbons (Fsp3) is 0.471. The molecule has 1 aromatic rings. The number of cyclic esters (lactones) is 1. The summed E-state index contributed by atoms with van der Waals surface area (Å²) in [5, 5.41) is 5.29. The third-order valence-electron chi connectivity index (χ3n) is 4.86. The number of nitrogens with one attached hydrogen (secondary N) is 2. The molecule has 4 rings (SSSR count). The standard InChI is InChI=1S/C17H19FN4O5/c1-9(23)19-5-11-6-22(17(25)26-11)10-2-3-14(12(18)4-10)21-7-13-15(8-21)27-16(24)20-13/h2-4,11,13,15H,5-8H2,1H3,(H,19,23)(H,20,24)/t11-,13?,15?/m0/s1. The minimum absolute atomic E-state index is 0.153. The van der Waals surface area contributed by atoms with Crippen molar-refractivity contribution < 1.29 is 28.2 Å². The van der Waals surface area contributed by atoms with Gasteiger partial charge in [-0.05, 0) is 18.2 Å². The second kappa shape index (κ2) is 6.60. The molecule has 0 bridgehead atoms. The number of halogens is 1. The van der Waals surface area contributed by atoms with Crippen LogP contribution >= 0.6 is 0 Å². The van der Waals surface area contributed by atoms with Gasteiger partial charge in [-0.15, -0.1) is 0 Å². The van der Waals surface area contributed by atoms with Gasteiger partial charge in [0, 0.05) is 13.5 Å². The van der Waals surface area contributed by atoms with Gasteiger partial charge in [0.2, 0.25) is 5.91 Å². The van der Waals surface area contributed by atoms with Crippen molar-refractivity contribution in [3.05, 3.63) is 24.0 Å². The Balaban J connectivity index is 1.44. The van der Waals surface area contributed by atoms with Crippen molar-refractivity contribution in [2.45, 2.75) is 25.2 Å². The fourth-order valence-electron chi connectivity index (χ4n) is 3.57. The molecule has 3 heterocycles. The summed E-state index contributed by atoms with van der Waals surface area (Å²) in [6.45, 7) is 2.68. The first-order valence-corrected chi connectivity index (χ1v) is 8.65. The third-order valence-corrected chi connectivity index (χ3v) is 4.86. The maximum atomic E-state index is 14.7. The molecule has 0 saturated carbocycles. The molecule has 10 heteroatoms. The van der Waals surface area contributed by atoms with Gasteiger partial charge in [-0.3, -0.25) is 9.69 Å². The molecule has 0 spiro atoms. The molecule has 9 nitrogen and oxygen atoms in total. The van der Waals surface area contributed by atoms with Crippen molar-refractivity contribution in [2.24, 2.45) is 0 Å². The summed E-state index contributed by atoms with van der Waals surface area (Å²) in [6.07, 6.45) is -1.80. The second-order valence-corrected chi connectivity index (χ2v) is 6.79. The lowest BCUT2D eigenvalue weighted by molar-refractivity contribution is -0.119. The molecule has 27 heavy (non-hydrogen) atoms. The van der Waals surface area contributed by atoms with Crippen molar-refractivity contribution in [1.29, 1.82) is 0 Å². The molecule has 0 radical (unpaired) electrons. The number of alkyl carbamates (subject to hydrolysis) is 1. The summed E-state index contributed by atoms with van der Waals surface area (Å²) < 4.78 is 25.0. The van der Waals surface area contributed by atoms with E-state index in [-0.39, 0.29) is 31.1 Å². The number of amides is 3. The number of benzene rings is 1. The van der Waals surface area contributed by atoms with Crippen LogP contribution in [0, 0.1) is 5.82 Å². The zero-order chi connectivity index (χ0) is 19.1. The first-order valence-electron chi connectivity index (χ1n) is 8.65. The van der Waals surface area contributed by atoms with Gasteiger partial charge in [0.15, 0.2) is 0 Å². The highest BCUT2D eigenvalue weighted by atomic mass is 19.1. The monoisotopic (exact) mass is 378 g/mol. The molecule has 3 aliphatic rings. The Morgan fingerprint density at radius 1 is 1.30 bits per heavy atom. The van der Waals surface area contributed by atoms with Crippen LogP contribution in [0.25, 0.3) is 0 Å². The summed E-state index contributed by atoms with van der Waals surface area (Å²) in [7, 11) is 0.